The Hall–Kier alpha value is -2.31. The lowest BCUT2D eigenvalue weighted by molar-refractivity contribution is -0.126. The maximum absolute atomic E-state index is 13.5. The summed E-state index contributed by atoms with van der Waals surface area (Å²) in [7, 11) is 0. The Kier molecular flexibility index (Phi) is 6.13. The summed E-state index contributed by atoms with van der Waals surface area (Å²) in [5, 5.41) is 6.74. The molecule has 5 rings (SSSR count). The average molecular weight is 465 g/mol. The first-order valence-electron chi connectivity index (χ1n) is 10.2. The zero-order valence-electron chi connectivity index (χ0n) is 17.0. The van der Waals surface area contributed by atoms with Gasteiger partial charge in [-0.15, -0.1) is 0 Å². The van der Waals surface area contributed by atoms with Crippen LogP contribution in [-0.2, 0) is 9.59 Å². The maximum Gasteiger partial charge on any atom is 0.258 e. The Balaban J connectivity index is 1.27. The van der Waals surface area contributed by atoms with E-state index in [9.17, 15) is 14.0 Å². The van der Waals surface area contributed by atoms with Crippen LogP contribution in [0.15, 0.2) is 42.5 Å². The van der Waals surface area contributed by atoms with Crippen molar-refractivity contribution >= 4 is 35.0 Å². The minimum atomic E-state index is -0.600. The van der Waals surface area contributed by atoms with E-state index in [1.165, 1.54) is 12.1 Å². The highest BCUT2D eigenvalue weighted by atomic mass is 35.5. The molecule has 8 heteroatoms. The lowest BCUT2D eigenvalue weighted by atomic mass is 9.76. The Morgan fingerprint density at radius 2 is 1.87 bits per heavy atom. The number of hydrogen-bond acceptors (Lipinski definition) is 3. The van der Waals surface area contributed by atoms with Crippen molar-refractivity contribution in [1.29, 1.82) is 0 Å². The van der Waals surface area contributed by atoms with Gasteiger partial charge in [-0.1, -0.05) is 35.3 Å². The highest BCUT2D eigenvalue weighted by Crippen LogP contribution is 2.55. The zero-order valence-corrected chi connectivity index (χ0v) is 18.5. The molecule has 3 saturated carbocycles. The molecule has 0 heterocycles. The van der Waals surface area contributed by atoms with Crippen LogP contribution in [0.3, 0.4) is 0 Å². The van der Waals surface area contributed by atoms with Gasteiger partial charge in [0.15, 0.2) is 6.61 Å². The number of hydrogen-bond donors (Lipinski definition) is 2. The largest absolute Gasteiger partial charge is 0.484 e. The van der Waals surface area contributed by atoms with E-state index in [1.54, 1.807) is 12.1 Å². The smallest absolute Gasteiger partial charge is 0.258 e. The van der Waals surface area contributed by atoms with Crippen molar-refractivity contribution in [1.82, 2.24) is 10.6 Å². The van der Waals surface area contributed by atoms with Crippen LogP contribution in [0, 0.1) is 17.7 Å². The molecule has 2 amide bonds. The standard InChI is InChI=1S/C23H23Cl2FN2O3/c1-13(14-2-4-16(24)5-3-14)27-22(30)18-11-23(9-15(18)10-23)28-21(29)12-31-17-6-7-19(25)20(26)8-17/h2-8,13,15,18H,9-12H2,1H3,(H,27,30)(H,28,29)/t13-,15?,18+,23?/m0/s1. The summed E-state index contributed by atoms with van der Waals surface area (Å²) in [5.41, 5.74) is 0.629. The van der Waals surface area contributed by atoms with Crippen molar-refractivity contribution in [3.8, 4) is 5.75 Å². The Morgan fingerprint density at radius 3 is 2.55 bits per heavy atom. The van der Waals surface area contributed by atoms with E-state index < -0.39 is 5.82 Å². The number of halogens is 3. The summed E-state index contributed by atoms with van der Waals surface area (Å²) in [6.07, 6.45) is 2.17. The molecule has 2 aromatic rings. The summed E-state index contributed by atoms with van der Waals surface area (Å²) < 4.78 is 18.8. The minimum Gasteiger partial charge on any atom is -0.484 e. The van der Waals surface area contributed by atoms with E-state index in [0.29, 0.717) is 11.4 Å². The van der Waals surface area contributed by atoms with Crippen molar-refractivity contribution in [2.24, 2.45) is 11.8 Å². The van der Waals surface area contributed by atoms with E-state index in [0.717, 1.165) is 24.5 Å². The minimum absolute atomic E-state index is 0.00291. The third-order valence-corrected chi connectivity index (χ3v) is 6.78. The molecule has 0 spiro atoms. The Bertz CT molecular complexity index is 993. The molecule has 0 unspecified atom stereocenters. The van der Waals surface area contributed by atoms with Gasteiger partial charge in [0.1, 0.15) is 11.6 Å². The fourth-order valence-electron chi connectivity index (χ4n) is 4.65. The molecule has 5 nitrogen and oxygen atoms in total. The quantitative estimate of drug-likeness (QED) is 0.625. The topological polar surface area (TPSA) is 67.4 Å². The normalized spacial score (nSPS) is 24.8. The lowest BCUT2D eigenvalue weighted by Crippen LogP contribution is -2.53. The first-order valence-corrected chi connectivity index (χ1v) is 10.9. The SMILES string of the molecule is C[C@H](NC(=O)[C@@H]1CC2(NC(=O)COc3ccc(Cl)c(F)c3)CC1C2)c1ccc(Cl)cc1. The molecule has 3 fully saturated rings. The molecule has 2 N–H and O–H groups in total. The Morgan fingerprint density at radius 1 is 1.16 bits per heavy atom. The van der Waals surface area contributed by atoms with Gasteiger partial charge in [0.05, 0.1) is 11.1 Å². The van der Waals surface area contributed by atoms with Crippen molar-refractivity contribution in [3.05, 3.63) is 63.9 Å². The molecule has 2 atom stereocenters. The van der Waals surface area contributed by atoms with Gasteiger partial charge in [0, 0.05) is 22.5 Å². The molecule has 0 aromatic heterocycles. The number of rotatable bonds is 7. The molecule has 0 radical (unpaired) electrons. The van der Waals surface area contributed by atoms with Crippen molar-refractivity contribution < 1.29 is 18.7 Å². The molecular formula is C23H23Cl2FN2O3. The summed E-state index contributed by atoms with van der Waals surface area (Å²) in [6, 6.07) is 11.3. The van der Waals surface area contributed by atoms with Crippen LogP contribution >= 0.6 is 23.2 Å². The number of nitrogens with one attached hydrogen (secondary N) is 2. The summed E-state index contributed by atoms with van der Waals surface area (Å²) >= 11 is 11.6. The van der Waals surface area contributed by atoms with Gasteiger partial charge in [-0.3, -0.25) is 9.59 Å². The van der Waals surface area contributed by atoms with Crippen LogP contribution in [0.5, 0.6) is 5.75 Å². The number of ether oxygens (including phenoxy) is 1. The highest BCUT2D eigenvalue weighted by molar-refractivity contribution is 6.30. The van der Waals surface area contributed by atoms with Gasteiger partial charge in [0.25, 0.3) is 5.91 Å². The third-order valence-electron chi connectivity index (χ3n) is 6.22. The van der Waals surface area contributed by atoms with E-state index in [4.69, 9.17) is 27.9 Å². The number of carbonyl (C=O) groups is 2. The van der Waals surface area contributed by atoms with E-state index in [1.807, 2.05) is 19.1 Å². The second kappa shape index (κ2) is 8.67. The summed E-state index contributed by atoms with van der Waals surface area (Å²) in [4.78, 5) is 25.2. The van der Waals surface area contributed by atoms with Crippen LogP contribution in [0.1, 0.15) is 37.8 Å². The first kappa shape index (κ1) is 21.9. The predicted molar refractivity (Wildman–Crippen MR) is 117 cm³/mol. The highest BCUT2D eigenvalue weighted by Gasteiger charge is 2.58. The molecule has 31 heavy (non-hydrogen) atoms. The molecule has 3 aliphatic carbocycles. The monoisotopic (exact) mass is 464 g/mol. The van der Waals surface area contributed by atoms with Gasteiger partial charge >= 0.3 is 0 Å². The zero-order chi connectivity index (χ0) is 22.2. The van der Waals surface area contributed by atoms with Crippen LogP contribution in [0.4, 0.5) is 4.39 Å². The van der Waals surface area contributed by atoms with Crippen LogP contribution < -0.4 is 15.4 Å². The summed E-state index contributed by atoms with van der Waals surface area (Å²) in [5.74, 6) is -0.498. The van der Waals surface area contributed by atoms with E-state index >= 15 is 0 Å². The number of amides is 2. The van der Waals surface area contributed by atoms with Gasteiger partial charge in [-0.05, 0) is 61.9 Å². The molecule has 0 saturated heterocycles. The molecule has 164 valence electrons. The number of carbonyl (C=O) groups excluding carboxylic acids is 2. The summed E-state index contributed by atoms with van der Waals surface area (Å²) in [6.45, 7) is 1.72. The second-order valence-corrected chi connectivity index (χ2v) is 9.30. The fourth-order valence-corrected chi connectivity index (χ4v) is 4.89. The molecule has 0 aliphatic heterocycles. The predicted octanol–water partition coefficient (Wildman–Crippen LogP) is 4.67. The van der Waals surface area contributed by atoms with Crippen molar-refractivity contribution in [3.63, 3.8) is 0 Å². The van der Waals surface area contributed by atoms with Crippen molar-refractivity contribution in [2.45, 2.75) is 37.8 Å². The number of benzene rings is 2. The number of fused-ring (bicyclic) bond motifs is 1. The second-order valence-electron chi connectivity index (χ2n) is 8.45. The first-order chi connectivity index (χ1) is 14.7. The molecule has 2 aromatic carbocycles. The molecular weight excluding hydrogens is 442 g/mol. The Labute approximate surface area is 190 Å². The molecule has 2 bridgehead atoms. The average Bonchev–Trinajstić information content (AvgIpc) is 3.25. The fraction of sp³-hybridized carbons (Fsp3) is 0.391. The van der Waals surface area contributed by atoms with Crippen LogP contribution in [0.25, 0.3) is 0 Å². The van der Waals surface area contributed by atoms with Gasteiger partial charge < -0.3 is 15.4 Å². The third kappa shape index (κ3) is 4.80. The maximum atomic E-state index is 13.5. The molecule has 3 aliphatic rings. The van der Waals surface area contributed by atoms with Crippen molar-refractivity contribution in [2.75, 3.05) is 6.61 Å². The van der Waals surface area contributed by atoms with Crippen LogP contribution in [-0.4, -0.2) is 24.0 Å². The van der Waals surface area contributed by atoms with Gasteiger partial charge in [-0.25, -0.2) is 4.39 Å². The van der Waals surface area contributed by atoms with Crippen LogP contribution in [0.2, 0.25) is 10.0 Å². The van der Waals surface area contributed by atoms with E-state index in [-0.39, 0.29) is 52.6 Å². The van der Waals surface area contributed by atoms with Gasteiger partial charge in [-0.2, -0.15) is 0 Å². The van der Waals surface area contributed by atoms with E-state index in [2.05, 4.69) is 10.6 Å². The van der Waals surface area contributed by atoms with Gasteiger partial charge in [0.2, 0.25) is 5.91 Å². The lowest BCUT2D eigenvalue weighted by Gasteiger charge is -2.39.